The second kappa shape index (κ2) is 12.8. The van der Waals surface area contributed by atoms with Crippen molar-refractivity contribution >= 4 is 84.8 Å². The first-order valence-corrected chi connectivity index (χ1v) is 20.7. The van der Waals surface area contributed by atoms with Crippen LogP contribution in [0.5, 0.6) is 0 Å². The molecule has 4 heterocycles. The van der Waals surface area contributed by atoms with Crippen LogP contribution in [-0.2, 0) is 0 Å². The number of fused-ring (bicyclic) bond motifs is 9. The van der Waals surface area contributed by atoms with E-state index in [1.807, 2.05) is 47.7 Å². The van der Waals surface area contributed by atoms with Crippen molar-refractivity contribution in [2.75, 3.05) is 0 Å². The smallest absolute Gasteiger partial charge is 0.165 e. The van der Waals surface area contributed by atoms with Crippen LogP contribution < -0.4 is 0 Å². The highest BCUT2D eigenvalue weighted by atomic mass is 32.1. The topological polar surface area (TPSA) is 43.6 Å². The van der Waals surface area contributed by atoms with Gasteiger partial charge in [0.2, 0.25) is 0 Å². The van der Waals surface area contributed by atoms with Crippen LogP contribution in [0.15, 0.2) is 182 Å². The Balaban J connectivity index is 1.03. The monoisotopic (exact) mass is 762 g/mol. The van der Waals surface area contributed by atoms with E-state index in [-0.39, 0.29) is 0 Å². The molecular weight excluding hydrogens is 733 g/mol. The number of thiophene rings is 2. The summed E-state index contributed by atoms with van der Waals surface area (Å²) in [5.74, 6) is 2.00. The highest BCUT2D eigenvalue weighted by molar-refractivity contribution is 7.26. The van der Waals surface area contributed by atoms with Gasteiger partial charge in [-0.1, -0.05) is 140 Å². The second-order valence-electron chi connectivity index (χ2n) is 14.3. The van der Waals surface area contributed by atoms with Gasteiger partial charge in [0.1, 0.15) is 0 Å². The molecule has 0 N–H and O–H groups in total. The third-order valence-electron chi connectivity index (χ3n) is 11.1. The van der Waals surface area contributed by atoms with Gasteiger partial charge in [0, 0.05) is 63.1 Å². The quantitative estimate of drug-likeness (QED) is 0.175. The lowest BCUT2D eigenvalue weighted by atomic mass is 9.97. The van der Waals surface area contributed by atoms with E-state index in [2.05, 4.69) is 150 Å². The number of benzene rings is 8. The van der Waals surface area contributed by atoms with Gasteiger partial charge in [0.15, 0.2) is 17.5 Å². The SMILES string of the molecule is c1ccc(-c2nc(-c3ccccc3)nc(-c3cccc4c3sc3ccc(-c5cccc6sc7c(-n8c9ccccc9c9ccccc98)cccc7c56)cc34)n2)cc1. The predicted molar refractivity (Wildman–Crippen MR) is 242 cm³/mol. The van der Waals surface area contributed by atoms with E-state index in [9.17, 15) is 0 Å². The van der Waals surface area contributed by atoms with Crippen LogP contribution >= 0.6 is 22.7 Å². The fraction of sp³-hybridized carbons (Fsp3) is 0. The molecule has 0 saturated heterocycles. The van der Waals surface area contributed by atoms with Gasteiger partial charge in [-0.3, -0.25) is 0 Å². The number of rotatable bonds is 5. The third-order valence-corrected chi connectivity index (χ3v) is 13.5. The third kappa shape index (κ3) is 5.08. The molecule has 0 aliphatic rings. The van der Waals surface area contributed by atoms with Crippen molar-refractivity contribution in [3.05, 3.63) is 182 Å². The summed E-state index contributed by atoms with van der Waals surface area (Å²) < 4.78 is 7.43. The minimum atomic E-state index is 0.664. The molecule has 12 rings (SSSR count). The summed E-state index contributed by atoms with van der Waals surface area (Å²) >= 11 is 3.68. The van der Waals surface area contributed by atoms with Gasteiger partial charge in [-0.2, -0.15) is 0 Å². The molecule has 0 amide bonds. The van der Waals surface area contributed by atoms with Gasteiger partial charge >= 0.3 is 0 Å². The molecule has 0 unspecified atom stereocenters. The lowest BCUT2D eigenvalue weighted by Crippen LogP contribution is -2.00. The lowest BCUT2D eigenvalue weighted by Gasteiger charge is -2.10. The van der Waals surface area contributed by atoms with Crippen LogP contribution in [0.1, 0.15) is 0 Å². The summed E-state index contributed by atoms with van der Waals surface area (Å²) in [7, 11) is 0. The molecule has 12 aromatic rings. The van der Waals surface area contributed by atoms with Gasteiger partial charge in [-0.05, 0) is 53.6 Å². The molecule has 0 saturated carbocycles. The Bertz CT molecular complexity index is 3410. The summed E-state index contributed by atoms with van der Waals surface area (Å²) in [6.07, 6.45) is 0. The van der Waals surface area contributed by atoms with E-state index < -0.39 is 0 Å². The van der Waals surface area contributed by atoms with Crippen molar-refractivity contribution in [3.63, 3.8) is 0 Å². The van der Waals surface area contributed by atoms with Crippen molar-refractivity contribution in [1.29, 1.82) is 0 Å². The first-order chi connectivity index (χ1) is 28.3. The predicted octanol–water partition coefficient (Wildman–Crippen LogP) is 14.4. The van der Waals surface area contributed by atoms with Crippen LogP contribution in [0.25, 0.3) is 113 Å². The Labute approximate surface area is 335 Å². The summed E-state index contributed by atoms with van der Waals surface area (Å²) in [4.78, 5) is 15.1. The first kappa shape index (κ1) is 32.3. The highest BCUT2D eigenvalue weighted by Gasteiger charge is 2.20. The lowest BCUT2D eigenvalue weighted by molar-refractivity contribution is 1.08. The van der Waals surface area contributed by atoms with Crippen molar-refractivity contribution in [2.45, 2.75) is 0 Å². The van der Waals surface area contributed by atoms with Gasteiger partial charge < -0.3 is 4.57 Å². The molecule has 0 spiro atoms. The summed E-state index contributed by atoms with van der Waals surface area (Å²) in [6.45, 7) is 0. The Kier molecular flexibility index (Phi) is 7.24. The maximum Gasteiger partial charge on any atom is 0.165 e. The van der Waals surface area contributed by atoms with Gasteiger partial charge in [-0.15, -0.1) is 22.7 Å². The molecule has 4 nitrogen and oxygen atoms in total. The van der Waals surface area contributed by atoms with E-state index in [4.69, 9.17) is 15.0 Å². The van der Waals surface area contributed by atoms with Crippen molar-refractivity contribution in [3.8, 4) is 51.0 Å². The highest BCUT2D eigenvalue weighted by Crippen LogP contribution is 2.46. The van der Waals surface area contributed by atoms with Crippen LogP contribution in [0.2, 0.25) is 0 Å². The summed E-state index contributed by atoms with van der Waals surface area (Å²) in [5.41, 5.74) is 9.05. The number of nitrogens with zero attached hydrogens (tertiary/aromatic N) is 4. The molecule has 266 valence electrons. The van der Waals surface area contributed by atoms with Crippen LogP contribution in [0.3, 0.4) is 0 Å². The molecule has 4 aromatic heterocycles. The fourth-order valence-corrected chi connectivity index (χ4v) is 10.9. The molecule has 57 heavy (non-hydrogen) atoms. The number of hydrogen-bond donors (Lipinski definition) is 0. The van der Waals surface area contributed by atoms with Crippen LogP contribution in [-0.4, -0.2) is 19.5 Å². The van der Waals surface area contributed by atoms with E-state index in [0.29, 0.717) is 17.5 Å². The second-order valence-corrected chi connectivity index (χ2v) is 16.4. The molecule has 0 radical (unpaired) electrons. The van der Waals surface area contributed by atoms with Crippen molar-refractivity contribution in [2.24, 2.45) is 0 Å². The normalized spacial score (nSPS) is 11.9. The Morgan fingerprint density at radius 2 is 0.912 bits per heavy atom. The standard InChI is InChI=1S/C51H30N4S2/c1-3-14-31(15-4-1)49-52-50(32-16-5-2-6-17-32)54-51(53-49)39-23-11-21-37-40-30-33(28-29-44(40)56-47(37)39)34-20-13-27-45-46(34)38-22-12-26-43(48(38)57-45)55-41-24-9-7-18-35(41)36-19-8-10-25-42(36)55/h1-30H. The minimum Gasteiger partial charge on any atom is -0.308 e. The molecule has 0 aliphatic carbocycles. The van der Waals surface area contributed by atoms with Crippen LogP contribution in [0.4, 0.5) is 0 Å². The Morgan fingerprint density at radius 1 is 0.351 bits per heavy atom. The number of aromatic nitrogens is 4. The summed E-state index contributed by atoms with van der Waals surface area (Å²) in [5, 5.41) is 7.56. The maximum absolute atomic E-state index is 5.08. The fourth-order valence-electron chi connectivity index (χ4n) is 8.50. The molecule has 0 aliphatic heterocycles. The molecule has 6 heteroatoms. The van der Waals surface area contributed by atoms with Crippen molar-refractivity contribution in [1.82, 2.24) is 19.5 Å². The number of hydrogen-bond acceptors (Lipinski definition) is 5. The van der Waals surface area contributed by atoms with E-state index in [1.165, 1.54) is 79.0 Å². The van der Waals surface area contributed by atoms with Gasteiger partial charge in [0.05, 0.1) is 21.4 Å². The zero-order valence-corrected chi connectivity index (χ0v) is 32.1. The summed E-state index contributed by atoms with van der Waals surface area (Å²) in [6, 6.07) is 64.8. The minimum absolute atomic E-state index is 0.664. The Hall–Kier alpha value is -6.99. The largest absolute Gasteiger partial charge is 0.308 e. The van der Waals surface area contributed by atoms with Crippen LogP contribution in [0, 0.1) is 0 Å². The van der Waals surface area contributed by atoms with E-state index in [1.54, 1.807) is 11.3 Å². The van der Waals surface area contributed by atoms with Gasteiger partial charge in [-0.25, -0.2) is 15.0 Å². The zero-order valence-electron chi connectivity index (χ0n) is 30.4. The zero-order chi connectivity index (χ0) is 37.5. The molecular formula is C51H30N4S2. The molecule has 8 aromatic carbocycles. The Morgan fingerprint density at radius 3 is 1.63 bits per heavy atom. The maximum atomic E-state index is 5.08. The first-order valence-electron chi connectivity index (χ1n) is 19.0. The number of para-hydroxylation sites is 2. The average Bonchev–Trinajstić information content (AvgIpc) is 3.96. The van der Waals surface area contributed by atoms with Crippen molar-refractivity contribution < 1.29 is 0 Å². The van der Waals surface area contributed by atoms with E-state index in [0.717, 1.165) is 16.7 Å². The van der Waals surface area contributed by atoms with E-state index >= 15 is 0 Å². The average molecular weight is 763 g/mol. The molecule has 0 bridgehead atoms. The van der Waals surface area contributed by atoms with Gasteiger partial charge in [0.25, 0.3) is 0 Å². The molecule has 0 atom stereocenters. The molecule has 0 fully saturated rings.